The summed E-state index contributed by atoms with van der Waals surface area (Å²) in [5, 5.41) is 10.2. The summed E-state index contributed by atoms with van der Waals surface area (Å²) in [6.07, 6.45) is 42.8. The number of aliphatic carboxylic acids is 1. The van der Waals surface area contributed by atoms with Crippen LogP contribution in [0, 0.1) is 0 Å². The van der Waals surface area contributed by atoms with Gasteiger partial charge in [-0.05, 0) is 44.9 Å². The molecule has 61 heavy (non-hydrogen) atoms. The van der Waals surface area contributed by atoms with Crippen LogP contribution in [-0.2, 0) is 38.4 Å². The van der Waals surface area contributed by atoms with E-state index in [4.69, 9.17) is 9.47 Å². The second-order valence-electron chi connectivity index (χ2n) is 16.3. The maximum atomic E-state index is 11.4. The minimum Gasteiger partial charge on any atom is -0.726 e. The van der Waals surface area contributed by atoms with Gasteiger partial charge in [-0.3, -0.25) is 13.8 Å². The Kier molecular flexibility index (Phi) is 69.0. The summed E-state index contributed by atoms with van der Waals surface area (Å²) in [6.45, 7) is 9.79. The number of unbranched alkanes of at least 4 members (excludes halogenated alkanes) is 30. The number of hydrogen-bond donors (Lipinski definition) is 0. The first-order chi connectivity index (χ1) is 28.5. The molecule has 0 rings (SSSR count). The molecular formula is C48H94MgNaO10S+. The molecule has 0 saturated heterocycles. The monoisotopic (exact) mass is 910 g/mol. The molecule has 10 nitrogen and oxygen atoms in total. The Bertz CT molecular complexity index is 960. The first-order valence-electron chi connectivity index (χ1n) is 24.6. The van der Waals surface area contributed by atoms with Crippen LogP contribution in [0.3, 0.4) is 0 Å². The van der Waals surface area contributed by atoms with E-state index < -0.39 is 16.4 Å². The van der Waals surface area contributed by atoms with Crippen LogP contribution >= 0.6 is 0 Å². The largest absolute Gasteiger partial charge is 2.00 e. The van der Waals surface area contributed by atoms with Gasteiger partial charge in [0.2, 0.25) is 10.4 Å². The summed E-state index contributed by atoms with van der Waals surface area (Å²) in [6, 6.07) is 0. The number of carboxylic acid groups (broad SMARTS) is 1. The minimum atomic E-state index is -4.48. The van der Waals surface area contributed by atoms with Gasteiger partial charge in [0.1, 0.15) is 0 Å². The first-order valence-corrected chi connectivity index (χ1v) is 26.0. The van der Waals surface area contributed by atoms with Crippen molar-refractivity contribution >= 4 is 51.4 Å². The van der Waals surface area contributed by atoms with Crippen LogP contribution in [0.5, 0.6) is 0 Å². The summed E-state index contributed by atoms with van der Waals surface area (Å²) >= 11 is 0. The van der Waals surface area contributed by atoms with E-state index in [0.29, 0.717) is 32.5 Å². The number of hydrogen-bond acceptors (Lipinski definition) is 10. The molecule has 354 valence electrons. The SMILES string of the molecule is CCCCCCCCCCCCCCCCCC(=O)[O-].CCCCCCCCCCCCOS(=O)(=O)[O-].CCCCOC(=O)CCCCCCCCC(=O)OCCCC.[Mg+2].[Na+]. The van der Waals surface area contributed by atoms with Crippen molar-refractivity contribution in [2.24, 2.45) is 0 Å². The zero-order valence-electron chi connectivity index (χ0n) is 40.7. The van der Waals surface area contributed by atoms with E-state index >= 15 is 0 Å². The molecule has 13 heteroatoms. The van der Waals surface area contributed by atoms with E-state index in [0.717, 1.165) is 89.9 Å². The van der Waals surface area contributed by atoms with E-state index in [1.165, 1.54) is 128 Å². The van der Waals surface area contributed by atoms with Crippen LogP contribution in [0.1, 0.15) is 272 Å². The normalized spacial score (nSPS) is 10.6. The number of carboxylic acids is 1. The Labute approximate surface area is 415 Å². The third kappa shape index (κ3) is 74.7. The van der Waals surface area contributed by atoms with E-state index in [1.807, 2.05) is 0 Å². The zero-order valence-corrected chi connectivity index (χ0v) is 44.9. The molecule has 0 aliphatic rings. The van der Waals surface area contributed by atoms with Crippen LogP contribution in [0.2, 0.25) is 0 Å². The van der Waals surface area contributed by atoms with Gasteiger partial charge >= 0.3 is 64.5 Å². The number of rotatable bonds is 43. The fourth-order valence-corrected chi connectivity index (χ4v) is 6.76. The summed E-state index contributed by atoms with van der Waals surface area (Å²) < 4.78 is 44.7. The minimum absolute atomic E-state index is 0. The molecule has 0 atom stereocenters. The number of carbonyl (C=O) groups excluding carboxylic acids is 3. The van der Waals surface area contributed by atoms with Crippen LogP contribution in [0.4, 0.5) is 0 Å². The van der Waals surface area contributed by atoms with Gasteiger partial charge in [0.05, 0.1) is 19.8 Å². The first kappa shape index (κ1) is 70.1. The molecule has 0 aliphatic heterocycles. The van der Waals surface area contributed by atoms with Gasteiger partial charge in [0, 0.05) is 18.8 Å². The fourth-order valence-electron chi connectivity index (χ4n) is 6.44. The molecule has 0 aromatic carbocycles. The second-order valence-corrected chi connectivity index (χ2v) is 17.3. The fraction of sp³-hybridized carbons (Fsp3) is 0.938. The summed E-state index contributed by atoms with van der Waals surface area (Å²) in [5.41, 5.74) is 0. The molecule has 0 heterocycles. The molecule has 0 aliphatic carbocycles. The van der Waals surface area contributed by atoms with Gasteiger partial charge in [0.25, 0.3) is 0 Å². The third-order valence-electron chi connectivity index (χ3n) is 10.2. The quantitative estimate of drug-likeness (QED) is 0.0190. The Morgan fingerprint density at radius 3 is 0.885 bits per heavy atom. The topological polar surface area (TPSA) is 159 Å². The van der Waals surface area contributed by atoms with Gasteiger partial charge in [-0.25, -0.2) is 8.42 Å². The average molecular weight is 911 g/mol. The predicted molar refractivity (Wildman–Crippen MR) is 246 cm³/mol. The van der Waals surface area contributed by atoms with Crippen LogP contribution in [0.15, 0.2) is 0 Å². The van der Waals surface area contributed by atoms with Crippen molar-refractivity contribution in [3.63, 3.8) is 0 Å². The molecule has 0 amide bonds. The van der Waals surface area contributed by atoms with Crippen LogP contribution < -0.4 is 34.7 Å². The molecule has 0 aromatic heterocycles. The van der Waals surface area contributed by atoms with E-state index in [9.17, 15) is 32.5 Å². The van der Waals surface area contributed by atoms with E-state index in [1.54, 1.807) is 0 Å². The van der Waals surface area contributed by atoms with Gasteiger partial charge in [-0.1, -0.05) is 214 Å². The maximum Gasteiger partial charge on any atom is 2.00 e. The van der Waals surface area contributed by atoms with Crippen LogP contribution in [-0.4, -0.2) is 73.8 Å². The third-order valence-corrected chi connectivity index (χ3v) is 10.7. The van der Waals surface area contributed by atoms with E-state index in [-0.39, 0.29) is 77.6 Å². The van der Waals surface area contributed by atoms with Crippen LogP contribution in [0.25, 0.3) is 0 Å². The maximum absolute atomic E-state index is 11.4. The molecule has 0 N–H and O–H groups in total. The van der Waals surface area contributed by atoms with Crippen molar-refractivity contribution < 1.29 is 75.7 Å². The van der Waals surface area contributed by atoms with E-state index in [2.05, 4.69) is 31.9 Å². The van der Waals surface area contributed by atoms with Crippen molar-refractivity contribution in [2.45, 2.75) is 272 Å². The molecule has 0 aromatic rings. The molecule has 0 unspecified atom stereocenters. The van der Waals surface area contributed by atoms with Crippen molar-refractivity contribution in [3.05, 3.63) is 0 Å². The van der Waals surface area contributed by atoms with Gasteiger partial charge < -0.3 is 23.9 Å². The summed E-state index contributed by atoms with van der Waals surface area (Å²) in [4.78, 5) is 32.9. The second kappa shape index (κ2) is 60.0. The van der Waals surface area contributed by atoms with Gasteiger partial charge in [-0.15, -0.1) is 0 Å². The summed E-state index contributed by atoms with van der Waals surface area (Å²) in [7, 11) is -4.48. The Balaban J connectivity index is -0.000000255. The van der Waals surface area contributed by atoms with Crippen molar-refractivity contribution in [3.8, 4) is 0 Å². The molecule has 0 saturated carbocycles. The number of esters is 2. The summed E-state index contributed by atoms with van der Waals surface area (Å²) in [5.74, 6) is -1.04. The molecular weight excluding hydrogens is 816 g/mol. The molecule has 0 spiro atoms. The zero-order chi connectivity index (χ0) is 44.3. The van der Waals surface area contributed by atoms with Crippen molar-refractivity contribution in [1.82, 2.24) is 0 Å². The standard InChI is InChI=1S/C18H34O4.C18H36O2.C12H26O4S.Mg.Na/c1-3-5-15-21-17(19)13-11-9-7-8-10-12-14-18(20)22-16-6-4-2;1-2-3-4-5-6-7-8-9-10-11-12-13-14-15-16-17-18(19)20;1-2-3-4-5-6-7-8-9-10-11-12-16-17(13,14)15;;/h3-16H2,1-2H3;2-17H2,1H3,(H,19,20);2-12H2,1H3,(H,13,14,15);;/q;;;+2;+1/p-2. The number of ether oxygens (including phenoxy) is 2. The van der Waals surface area contributed by atoms with Crippen molar-refractivity contribution in [2.75, 3.05) is 19.8 Å². The molecule has 0 radical (unpaired) electrons. The Morgan fingerprint density at radius 1 is 0.377 bits per heavy atom. The molecule has 0 bridgehead atoms. The predicted octanol–water partition coefficient (Wildman–Crippen LogP) is 9.80. The number of carbonyl (C=O) groups is 3. The Hall–Kier alpha value is 0.0462. The van der Waals surface area contributed by atoms with Crippen molar-refractivity contribution in [1.29, 1.82) is 0 Å². The smallest absolute Gasteiger partial charge is 0.726 e. The average Bonchev–Trinajstić information content (AvgIpc) is 3.19. The Morgan fingerprint density at radius 2 is 0.623 bits per heavy atom. The van der Waals surface area contributed by atoms with Gasteiger partial charge in [-0.2, -0.15) is 0 Å². The molecule has 0 fully saturated rings. The van der Waals surface area contributed by atoms with Gasteiger partial charge in [0.15, 0.2) is 0 Å².